The Balaban J connectivity index is 1.92. The van der Waals surface area contributed by atoms with E-state index in [9.17, 15) is 18.0 Å². The third kappa shape index (κ3) is 6.42. The van der Waals surface area contributed by atoms with Crippen LogP contribution in [0.3, 0.4) is 0 Å². The van der Waals surface area contributed by atoms with Gasteiger partial charge < -0.3 is 15.5 Å². The van der Waals surface area contributed by atoms with Crippen LogP contribution in [-0.2, 0) is 14.8 Å². The summed E-state index contributed by atoms with van der Waals surface area (Å²) >= 11 is 0. The summed E-state index contributed by atoms with van der Waals surface area (Å²) in [6.07, 6.45) is 2.10. The van der Waals surface area contributed by atoms with Crippen molar-refractivity contribution in [2.75, 3.05) is 35.4 Å². The molecule has 8 nitrogen and oxygen atoms in total. The molecule has 0 unspecified atom stereocenters. The first-order valence-electron chi connectivity index (χ1n) is 9.28. The van der Waals surface area contributed by atoms with Gasteiger partial charge in [0.05, 0.1) is 11.7 Å². The van der Waals surface area contributed by atoms with E-state index in [1.54, 1.807) is 36.1 Å². The molecule has 150 valence electrons. The highest BCUT2D eigenvalue weighted by atomic mass is 32.2. The molecule has 0 radical (unpaired) electrons. The number of anilines is 2. The molecule has 2 rings (SSSR count). The fourth-order valence-electron chi connectivity index (χ4n) is 3.02. The van der Waals surface area contributed by atoms with Crippen molar-refractivity contribution in [3.05, 3.63) is 24.3 Å². The monoisotopic (exact) mass is 396 g/mol. The lowest BCUT2D eigenvalue weighted by Gasteiger charge is -2.32. The van der Waals surface area contributed by atoms with Crippen molar-refractivity contribution in [2.24, 2.45) is 5.92 Å². The highest BCUT2D eigenvalue weighted by Gasteiger charge is 2.28. The summed E-state index contributed by atoms with van der Waals surface area (Å²) in [5.41, 5.74) is 1.02. The Morgan fingerprint density at radius 1 is 1.15 bits per heavy atom. The van der Waals surface area contributed by atoms with Gasteiger partial charge in [0.1, 0.15) is 0 Å². The van der Waals surface area contributed by atoms with Gasteiger partial charge in [-0.05, 0) is 50.5 Å². The number of benzene rings is 1. The van der Waals surface area contributed by atoms with Gasteiger partial charge in [-0.2, -0.15) is 0 Å². The molecule has 1 aromatic rings. The van der Waals surface area contributed by atoms with Gasteiger partial charge in [-0.3, -0.25) is 9.52 Å². The predicted molar refractivity (Wildman–Crippen MR) is 106 cm³/mol. The molecule has 1 aliphatic rings. The molecule has 3 amide bonds. The van der Waals surface area contributed by atoms with Crippen LogP contribution >= 0.6 is 0 Å². The maximum atomic E-state index is 12.5. The molecular weight excluding hydrogens is 368 g/mol. The van der Waals surface area contributed by atoms with E-state index < -0.39 is 10.0 Å². The van der Waals surface area contributed by atoms with Crippen LogP contribution in [0.25, 0.3) is 0 Å². The van der Waals surface area contributed by atoms with Crippen molar-refractivity contribution in [2.45, 2.75) is 33.1 Å². The van der Waals surface area contributed by atoms with Crippen LogP contribution in [-0.4, -0.2) is 50.6 Å². The summed E-state index contributed by atoms with van der Waals surface area (Å²) in [4.78, 5) is 26.1. The summed E-state index contributed by atoms with van der Waals surface area (Å²) in [7, 11) is -3.34. The van der Waals surface area contributed by atoms with Gasteiger partial charge in [0.25, 0.3) is 0 Å². The Bertz CT molecular complexity index is 749. The SMILES string of the molecule is CCCS(=O)(=O)Nc1ccc(NC(=O)N2CCC[C@H](C(=O)NCC)C2)cc1. The van der Waals surface area contributed by atoms with Crippen molar-refractivity contribution in [1.29, 1.82) is 0 Å². The minimum Gasteiger partial charge on any atom is -0.356 e. The van der Waals surface area contributed by atoms with Crippen molar-refractivity contribution >= 4 is 33.3 Å². The van der Waals surface area contributed by atoms with E-state index in [0.717, 1.165) is 12.8 Å². The lowest BCUT2D eigenvalue weighted by Crippen LogP contribution is -2.46. The van der Waals surface area contributed by atoms with Crippen LogP contribution in [0.2, 0.25) is 0 Å². The van der Waals surface area contributed by atoms with Crippen molar-refractivity contribution in [3.63, 3.8) is 0 Å². The number of carbonyl (C=O) groups excluding carboxylic acids is 2. The molecular formula is C18H28N4O4S. The largest absolute Gasteiger partial charge is 0.356 e. The van der Waals surface area contributed by atoms with Crippen molar-refractivity contribution < 1.29 is 18.0 Å². The number of sulfonamides is 1. The standard InChI is InChI=1S/C18H28N4O4S/c1-3-12-27(25,26)21-16-9-7-15(8-10-16)20-18(24)22-11-5-6-14(13-22)17(23)19-4-2/h7-10,14,21H,3-6,11-13H2,1-2H3,(H,19,23)(H,20,24)/t14-/m0/s1. The molecule has 1 aromatic carbocycles. The number of carbonyl (C=O) groups is 2. The molecule has 1 saturated heterocycles. The van der Waals surface area contributed by atoms with Crippen LogP contribution in [0.15, 0.2) is 24.3 Å². The van der Waals surface area contributed by atoms with Crippen LogP contribution in [0.4, 0.5) is 16.2 Å². The van der Waals surface area contributed by atoms with E-state index in [1.807, 2.05) is 6.92 Å². The molecule has 27 heavy (non-hydrogen) atoms. The number of amides is 3. The van der Waals surface area contributed by atoms with E-state index in [0.29, 0.717) is 37.4 Å². The lowest BCUT2D eigenvalue weighted by molar-refractivity contribution is -0.126. The zero-order valence-corrected chi connectivity index (χ0v) is 16.6. The van der Waals surface area contributed by atoms with E-state index >= 15 is 0 Å². The first kappa shape index (κ1) is 21.0. The van der Waals surface area contributed by atoms with Gasteiger partial charge in [0.2, 0.25) is 15.9 Å². The summed E-state index contributed by atoms with van der Waals surface area (Å²) < 4.78 is 26.1. The van der Waals surface area contributed by atoms with E-state index in [-0.39, 0.29) is 23.6 Å². The first-order chi connectivity index (χ1) is 12.8. The molecule has 1 atom stereocenters. The number of piperidine rings is 1. The Morgan fingerprint density at radius 3 is 2.44 bits per heavy atom. The number of nitrogens with one attached hydrogen (secondary N) is 3. The maximum Gasteiger partial charge on any atom is 0.321 e. The fourth-order valence-corrected chi connectivity index (χ4v) is 4.15. The highest BCUT2D eigenvalue weighted by molar-refractivity contribution is 7.92. The Labute approximate surface area is 160 Å². The Morgan fingerprint density at radius 2 is 1.81 bits per heavy atom. The van der Waals surface area contributed by atoms with E-state index in [2.05, 4.69) is 15.4 Å². The summed E-state index contributed by atoms with van der Waals surface area (Å²) in [6, 6.07) is 6.25. The molecule has 0 spiro atoms. The molecule has 3 N–H and O–H groups in total. The first-order valence-corrected chi connectivity index (χ1v) is 10.9. The molecule has 9 heteroatoms. The van der Waals surface area contributed by atoms with Gasteiger partial charge in [0, 0.05) is 31.0 Å². The summed E-state index contributed by atoms with van der Waals surface area (Å²) in [5, 5.41) is 5.60. The summed E-state index contributed by atoms with van der Waals surface area (Å²) in [5.74, 6) is -0.133. The minimum absolute atomic E-state index is 0.0151. The number of nitrogens with zero attached hydrogens (tertiary/aromatic N) is 1. The van der Waals surface area contributed by atoms with Gasteiger partial charge in [-0.25, -0.2) is 13.2 Å². The van der Waals surface area contributed by atoms with E-state index in [1.165, 1.54) is 0 Å². The molecule has 0 bridgehead atoms. The van der Waals surface area contributed by atoms with Gasteiger partial charge in [-0.15, -0.1) is 0 Å². The Kier molecular flexibility index (Phi) is 7.46. The smallest absolute Gasteiger partial charge is 0.321 e. The third-order valence-corrected chi connectivity index (χ3v) is 5.81. The van der Waals surface area contributed by atoms with Crippen molar-refractivity contribution in [3.8, 4) is 0 Å². The van der Waals surface area contributed by atoms with Crippen LogP contribution in [0, 0.1) is 5.92 Å². The fraction of sp³-hybridized carbons (Fsp3) is 0.556. The second kappa shape index (κ2) is 9.59. The van der Waals surface area contributed by atoms with Gasteiger partial charge in [0.15, 0.2) is 0 Å². The number of hydrogen-bond donors (Lipinski definition) is 3. The molecule has 1 fully saturated rings. The van der Waals surface area contributed by atoms with Gasteiger partial charge in [-0.1, -0.05) is 6.92 Å². The van der Waals surface area contributed by atoms with Gasteiger partial charge >= 0.3 is 6.03 Å². The number of urea groups is 1. The topological polar surface area (TPSA) is 108 Å². The zero-order chi connectivity index (χ0) is 19.9. The molecule has 0 aromatic heterocycles. The van der Waals surface area contributed by atoms with Crippen LogP contribution in [0.5, 0.6) is 0 Å². The predicted octanol–water partition coefficient (Wildman–Crippen LogP) is 2.22. The number of hydrogen-bond acceptors (Lipinski definition) is 4. The van der Waals surface area contributed by atoms with Crippen molar-refractivity contribution in [1.82, 2.24) is 10.2 Å². The second-order valence-electron chi connectivity index (χ2n) is 6.61. The number of rotatable bonds is 7. The lowest BCUT2D eigenvalue weighted by atomic mass is 9.97. The second-order valence-corrected chi connectivity index (χ2v) is 8.45. The highest BCUT2D eigenvalue weighted by Crippen LogP contribution is 2.19. The Hall–Kier alpha value is -2.29. The van der Waals surface area contributed by atoms with Crippen LogP contribution in [0.1, 0.15) is 33.1 Å². The average Bonchev–Trinajstić information content (AvgIpc) is 2.63. The average molecular weight is 397 g/mol. The number of likely N-dealkylation sites (tertiary alicyclic amines) is 1. The van der Waals surface area contributed by atoms with Crippen LogP contribution < -0.4 is 15.4 Å². The molecule has 0 aliphatic carbocycles. The molecule has 0 saturated carbocycles. The normalized spacial score (nSPS) is 17.3. The minimum atomic E-state index is -3.34. The molecule has 1 aliphatic heterocycles. The molecule has 1 heterocycles. The quantitative estimate of drug-likeness (QED) is 0.657. The third-order valence-electron chi connectivity index (χ3n) is 4.31. The zero-order valence-electron chi connectivity index (χ0n) is 15.8. The maximum absolute atomic E-state index is 12.5. The van der Waals surface area contributed by atoms with E-state index in [4.69, 9.17) is 0 Å². The summed E-state index contributed by atoms with van der Waals surface area (Å²) in [6.45, 7) is 5.26.